The van der Waals surface area contributed by atoms with Gasteiger partial charge in [-0.05, 0) is 49.1 Å². The van der Waals surface area contributed by atoms with E-state index in [0.29, 0.717) is 37.1 Å². The van der Waals surface area contributed by atoms with Crippen LogP contribution in [0.25, 0.3) is 0 Å². The number of aryl methyl sites for hydroxylation is 1. The highest BCUT2D eigenvalue weighted by atomic mass is 19.1. The zero-order valence-electron chi connectivity index (χ0n) is 16.0. The second kappa shape index (κ2) is 8.81. The van der Waals surface area contributed by atoms with E-state index in [1.807, 2.05) is 0 Å². The smallest absolute Gasteiger partial charge is 0.335 e. The summed E-state index contributed by atoms with van der Waals surface area (Å²) in [5, 5.41) is 11.9. The lowest BCUT2D eigenvalue weighted by Crippen LogP contribution is -2.43. The number of nitrogens with one attached hydrogen (secondary N) is 1. The Morgan fingerprint density at radius 2 is 1.93 bits per heavy atom. The number of piperidine rings is 1. The predicted molar refractivity (Wildman–Crippen MR) is 103 cm³/mol. The van der Waals surface area contributed by atoms with Crippen LogP contribution in [-0.2, 0) is 11.3 Å². The molecule has 2 N–H and O–H groups in total. The van der Waals surface area contributed by atoms with Gasteiger partial charge >= 0.3 is 5.97 Å². The lowest BCUT2D eigenvalue weighted by molar-refractivity contribution is -0.126. The molecular formula is C21H22FN3O4. The van der Waals surface area contributed by atoms with Gasteiger partial charge in [-0.3, -0.25) is 14.6 Å². The summed E-state index contributed by atoms with van der Waals surface area (Å²) in [5.74, 6) is -2.12. The maximum Gasteiger partial charge on any atom is 0.335 e. The number of aromatic carboxylic acids is 1. The van der Waals surface area contributed by atoms with Crippen LogP contribution in [0.3, 0.4) is 0 Å². The van der Waals surface area contributed by atoms with Gasteiger partial charge in [0.05, 0.1) is 5.56 Å². The molecule has 152 valence electrons. The van der Waals surface area contributed by atoms with Crippen LogP contribution in [0.5, 0.6) is 0 Å². The van der Waals surface area contributed by atoms with E-state index in [1.165, 1.54) is 24.4 Å². The number of benzene rings is 1. The number of carbonyl (C=O) groups is 3. The van der Waals surface area contributed by atoms with Crippen LogP contribution in [0.4, 0.5) is 4.39 Å². The second-order valence-electron chi connectivity index (χ2n) is 7.10. The summed E-state index contributed by atoms with van der Waals surface area (Å²) in [7, 11) is 0. The first-order valence-corrected chi connectivity index (χ1v) is 9.36. The summed E-state index contributed by atoms with van der Waals surface area (Å²) >= 11 is 0. The molecule has 1 aromatic carbocycles. The molecule has 2 heterocycles. The standard InChI is InChI=1S/C21H22FN3O4/c1-13-2-3-14(10-17(13)22)12-24-19(26)15-5-8-25(9-6-15)20(27)18-11-16(21(28)29)4-7-23-18/h2-4,7,10-11,15H,5-6,8-9,12H2,1H3,(H,24,26)(H,28,29). The van der Waals surface area contributed by atoms with E-state index >= 15 is 0 Å². The van der Waals surface area contributed by atoms with Crippen LogP contribution in [-0.4, -0.2) is 45.9 Å². The molecule has 0 radical (unpaired) electrons. The molecule has 0 unspecified atom stereocenters. The Bertz CT molecular complexity index is 939. The molecule has 7 nitrogen and oxygen atoms in total. The highest BCUT2D eigenvalue weighted by Gasteiger charge is 2.28. The minimum Gasteiger partial charge on any atom is -0.478 e. The van der Waals surface area contributed by atoms with Gasteiger partial charge in [0.1, 0.15) is 11.5 Å². The van der Waals surface area contributed by atoms with Gasteiger partial charge in [-0.2, -0.15) is 0 Å². The Morgan fingerprint density at radius 1 is 1.21 bits per heavy atom. The van der Waals surface area contributed by atoms with Gasteiger partial charge in [0.2, 0.25) is 5.91 Å². The Kier molecular flexibility index (Phi) is 6.21. The first-order valence-electron chi connectivity index (χ1n) is 9.36. The number of rotatable bonds is 5. The largest absolute Gasteiger partial charge is 0.478 e. The molecular weight excluding hydrogens is 377 g/mol. The Labute approximate surface area is 167 Å². The number of amides is 2. The van der Waals surface area contributed by atoms with Crippen LogP contribution in [0.1, 0.15) is 44.8 Å². The fraction of sp³-hybridized carbons (Fsp3) is 0.333. The minimum atomic E-state index is -1.12. The van der Waals surface area contributed by atoms with Gasteiger partial charge in [0.25, 0.3) is 5.91 Å². The predicted octanol–water partition coefficient (Wildman–Crippen LogP) is 2.40. The van der Waals surface area contributed by atoms with Crippen molar-refractivity contribution in [2.24, 2.45) is 5.92 Å². The molecule has 0 atom stereocenters. The average Bonchev–Trinajstić information content (AvgIpc) is 2.74. The molecule has 2 amide bonds. The molecule has 1 aromatic heterocycles. The third kappa shape index (κ3) is 4.96. The SMILES string of the molecule is Cc1ccc(CNC(=O)C2CCN(C(=O)c3cc(C(=O)O)ccn3)CC2)cc1F. The summed E-state index contributed by atoms with van der Waals surface area (Å²) in [6.45, 7) is 2.70. The summed E-state index contributed by atoms with van der Waals surface area (Å²) in [4.78, 5) is 41.5. The average molecular weight is 399 g/mol. The third-order valence-electron chi connectivity index (χ3n) is 5.08. The van der Waals surface area contributed by atoms with Crippen LogP contribution in [0.2, 0.25) is 0 Å². The van der Waals surface area contributed by atoms with Crippen molar-refractivity contribution in [3.63, 3.8) is 0 Å². The van der Waals surface area contributed by atoms with Crippen molar-refractivity contribution >= 4 is 17.8 Å². The van der Waals surface area contributed by atoms with Crippen molar-refractivity contribution < 1.29 is 23.9 Å². The number of carboxylic acids is 1. The molecule has 0 spiro atoms. The Hall–Kier alpha value is -3.29. The number of nitrogens with zero attached hydrogens (tertiary/aromatic N) is 2. The number of hydrogen-bond donors (Lipinski definition) is 2. The Morgan fingerprint density at radius 3 is 2.59 bits per heavy atom. The maximum atomic E-state index is 13.6. The summed E-state index contributed by atoms with van der Waals surface area (Å²) in [6.07, 6.45) is 2.29. The zero-order chi connectivity index (χ0) is 21.0. The van der Waals surface area contributed by atoms with E-state index in [4.69, 9.17) is 5.11 Å². The van der Waals surface area contributed by atoms with E-state index in [9.17, 15) is 18.8 Å². The lowest BCUT2D eigenvalue weighted by Gasteiger charge is -2.31. The topological polar surface area (TPSA) is 99.6 Å². The van der Waals surface area contributed by atoms with Gasteiger partial charge in [-0.25, -0.2) is 9.18 Å². The third-order valence-corrected chi connectivity index (χ3v) is 5.08. The number of likely N-dealkylation sites (tertiary alicyclic amines) is 1. The molecule has 29 heavy (non-hydrogen) atoms. The first-order chi connectivity index (χ1) is 13.8. The highest BCUT2D eigenvalue weighted by Crippen LogP contribution is 2.19. The van der Waals surface area contributed by atoms with Crippen LogP contribution < -0.4 is 5.32 Å². The molecule has 0 aliphatic carbocycles. The van der Waals surface area contributed by atoms with Crippen LogP contribution >= 0.6 is 0 Å². The van der Waals surface area contributed by atoms with E-state index < -0.39 is 5.97 Å². The fourth-order valence-corrected chi connectivity index (χ4v) is 3.27. The molecule has 0 saturated carbocycles. The second-order valence-corrected chi connectivity index (χ2v) is 7.10. The van der Waals surface area contributed by atoms with Crippen molar-refractivity contribution in [1.82, 2.24) is 15.2 Å². The number of carbonyl (C=O) groups excluding carboxylic acids is 2. The van der Waals surface area contributed by atoms with E-state index in [0.717, 1.165) is 0 Å². The number of pyridine rings is 1. The molecule has 1 fully saturated rings. The van der Waals surface area contributed by atoms with Crippen LogP contribution in [0, 0.1) is 18.7 Å². The van der Waals surface area contributed by atoms with Crippen molar-refractivity contribution in [3.8, 4) is 0 Å². The van der Waals surface area contributed by atoms with Gasteiger partial charge in [-0.1, -0.05) is 12.1 Å². The van der Waals surface area contributed by atoms with Gasteiger partial charge in [-0.15, -0.1) is 0 Å². The zero-order valence-corrected chi connectivity index (χ0v) is 16.0. The number of hydrogen-bond acceptors (Lipinski definition) is 4. The monoisotopic (exact) mass is 399 g/mol. The fourth-order valence-electron chi connectivity index (χ4n) is 3.27. The van der Waals surface area contributed by atoms with E-state index in [-0.39, 0.29) is 41.4 Å². The quantitative estimate of drug-likeness (QED) is 0.804. The Balaban J connectivity index is 1.52. The van der Waals surface area contributed by atoms with Crippen molar-refractivity contribution in [3.05, 3.63) is 64.7 Å². The number of halogens is 1. The molecule has 1 aliphatic heterocycles. The molecule has 2 aromatic rings. The highest BCUT2D eigenvalue weighted by molar-refractivity contribution is 5.96. The molecule has 1 saturated heterocycles. The first kappa shape index (κ1) is 20.4. The van der Waals surface area contributed by atoms with Crippen molar-refractivity contribution in [2.75, 3.05) is 13.1 Å². The summed E-state index contributed by atoms with van der Waals surface area (Å²) in [6, 6.07) is 7.45. The molecule has 8 heteroatoms. The van der Waals surface area contributed by atoms with Crippen LogP contribution in [0.15, 0.2) is 36.5 Å². The van der Waals surface area contributed by atoms with Gasteiger partial charge < -0.3 is 15.3 Å². The maximum absolute atomic E-state index is 13.6. The van der Waals surface area contributed by atoms with Gasteiger partial charge in [0, 0.05) is 31.7 Å². The van der Waals surface area contributed by atoms with Crippen molar-refractivity contribution in [2.45, 2.75) is 26.3 Å². The summed E-state index contributed by atoms with van der Waals surface area (Å²) in [5.41, 5.74) is 1.33. The van der Waals surface area contributed by atoms with E-state index in [2.05, 4.69) is 10.3 Å². The van der Waals surface area contributed by atoms with Crippen molar-refractivity contribution in [1.29, 1.82) is 0 Å². The number of carboxylic acid groups (broad SMARTS) is 1. The molecule has 1 aliphatic rings. The minimum absolute atomic E-state index is 0.00477. The molecule has 0 bridgehead atoms. The summed E-state index contributed by atoms with van der Waals surface area (Å²) < 4.78 is 13.6. The van der Waals surface area contributed by atoms with E-state index in [1.54, 1.807) is 24.0 Å². The normalized spacial score (nSPS) is 14.5. The van der Waals surface area contributed by atoms with Gasteiger partial charge in [0.15, 0.2) is 0 Å². The lowest BCUT2D eigenvalue weighted by atomic mass is 9.95. The number of aromatic nitrogens is 1. The molecule has 3 rings (SSSR count).